The fourth-order valence-electron chi connectivity index (χ4n) is 2.47. The zero-order valence-corrected chi connectivity index (χ0v) is 15.8. The van der Waals surface area contributed by atoms with Crippen molar-refractivity contribution in [2.75, 3.05) is 22.4 Å². The first-order valence-corrected chi connectivity index (χ1v) is 10.1. The number of nitrogens with zero attached hydrogens (tertiary/aromatic N) is 1. The number of halogens is 1. The summed E-state index contributed by atoms with van der Waals surface area (Å²) in [6, 6.07) is 14.3. The minimum atomic E-state index is -3.42. The molecule has 0 bridgehead atoms. The zero-order valence-electron chi connectivity index (χ0n) is 14.2. The molecular formula is C18H21ClN2O3S. The Kier molecular flexibility index (Phi) is 6.45. The van der Waals surface area contributed by atoms with E-state index < -0.39 is 10.0 Å². The lowest BCUT2D eigenvalue weighted by Crippen LogP contribution is -2.32. The van der Waals surface area contributed by atoms with Gasteiger partial charge in [-0.3, -0.25) is 9.10 Å². The van der Waals surface area contributed by atoms with E-state index in [0.717, 1.165) is 5.56 Å². The first-order valence-electron chi connectivity index (χ1n) is 7.87. The zero-order chi connectivity index (χ0) is 18.4. The highest BCUT2D eigenvalue weighted by Crippen LogP contribution is 2.23. The number of sulfonamides is 1. The number of amides is 1. The molecule has 1 N–H and O–H groups in total. The van der Waals surface area contributed by atoms with Crippen LogP contribution in [0.4, 0.5) is 11.4 Å². The summed E-state index contributed by atoms with van der Waals surface area (Å²) in [5.74, 6) is -0.202. The number of para-hydroxylation sites is 2. The van der Waals surface area contributed by atoms with Crippen LogP contribution in [0.1, 0.15) is 18.4 Å². The molecule has 1 amide bonds. The fourth-order valence-corrected chi connectivity index (χ4v) is 3.67. The quantitative estimate of drug-likeness (QED) is 0.793. The molecule has 0 fully saturated rings. The van der Waals surface area contributed by atoms with Crippen LogP contribution in [0, 0.1) is 6.92 Å². The average molecular weight is 381 g/mol. The van der Waals surface area contributed by atoms with Gasteiger partial charge in [0.15, 0.2) is 0 Å². The van der Waals surface area contributed by atoms with Gasteiger partial charge < -0.3 is 5.32 Å². The van der Waals surface area contributed by atoms with E-state index in [9.17, 15) is 13.2 Å². The van der Waals surface area contributed by atoms with Crippen molar-refractivity contribution in [1.82, 2.24) is 0 Å². The highest BCUT2D eigenvalue weighted by Gasteiger charge is 2.19. The highest BCUT2D eigenvalue weighted by molar-refractivity contribution is 7.92. The predicted octanol–water partition coefficient (Wildman–Crippen LogP) is 3.83. The summed E-state index contributed by atoms with van der Waals surface area (Å²) >= 11 is 6.01. The van der Waals surface area contributed by atoms with Crippen molar-refractivity contribution < 1.29 is 13.2 Å². The molecular weight excluding hydrogens is 360 g/mol. The normalized spacial score (nSPS) is 11.2. The van der Waals surface area contributed by atoms with Gasteiger partial charge in [-0.05, 0) is 37.1 Å². The van der Waals surface area contributed by atoms with E-state index in [-0.39, 0.29) is 18.9 Å². The molecule has 0 saturated carbocycles. The largest absolute Gasteiger partial charge is 0.325 e. The van der Waals surface area contributed by atoms with Crippen LogP contribution in [-0.2, 0) is 14.8 Å². The lowest BCUT2D eigenvalue weighted by Gasteiger charge is -2.24. The summed E-state index contributed by atoms with van der Waals surface area (Å²) < 4.78 is 25.5. The van der Waals surface area contributed by atoms with Gasteiger partial charge in [-0.25, -0.2) is 8.42 Å². The molecule has 0 aliphatic heterocycles. The fraction of sp³-hybridized carbons (Fsp3) is 0.278. The number of benzene rings is 2. The van der Waals surface area contributed by atoms with Crippen LogP contribution in [0.15, 0.2) is 48.5 Å². The molecule has 0 aliphatic carbocycles. The topological polar surface area (TPSA) is 66.5 Å². The second kappa shape index (κ2) is 8.36. The number of hydrogen-bond donors (Lipinski definition) is 1. The van der Waals surface area contributed by atoms with E-state index in [0.29, 0.717) is 22.8 Å². The number of aryl methyl sites for hydroxylation is 1. The van der Waals surface area contributed by atoms with Crippen LogP contribution in [0.25, 0.3) is 0 Å². The molecule has 2 aromatic carbocycles. The highest BCUT2D eigenvalue weighted by atomic mass is 35.5. The molecule has 0 aromatic heterocycles. The maximum atomic E-state index is 12.1. The second-order valence-corrected chi connectivity index (χ2v) is 8.07. The third-order valence-electron chi connectivity index (χ3n) is 3.70. The number of hydrogen-bond acceptors (Lipinski definition) is 3. The van der Waals surface area contributed by atoms with Crippen molar-refractivity contribution in [1.29, 1.82) is 0 Å². The van der Waals surface area contributed by atoms with Crippen LogP contribution >= 0.6 is 11.6 Å². The molecule has 0 saturated heterocycles. The van der Waals surface area contributed by atoms with Crippen molar-refractivity contribution in [2.45, 2.75) is 19.8 Å². The van der Waals surface area contributed by atoms with Crippen molar-refractivity contribution in [2.24, 2.45) is 0 Å². The molecule has 0 aliphatic rings. The maximum Gasteiger partial charge on any atom is 0.232 e. The molecule has 0 radical (unpaired) electrons. The van der Waals surface area contributed by atoms with Gasteiger partial charge in [0.25, 0.3) is 0 Å². The number of carbonyl (C=O) groups is 1. The molecule has 0 unspecified atom stereocenters. The van der Waals surface area contributed by atoms with Gasteiger partial charge in [0.2, 0.25) is 15.9 Å². The van der Waals surface area contributed by atoms with Crippen LogP contribution in [0.2, 0.25) is 5.02 Å². The molecule has 7 heteroatoms. The van der Waals surface area contributed by atoms with Crippen molar-refractivity contribution in [3.05, 3.63) is 59.1 Å². The minimum Gasteiger partial charge on any atom is -0.325 e. The molecule has 2 rings (SSSR count). The maximum absolute atomic E-state index is 12.1. The predicted molar refractivity (Wildman–Crippen MR) is 103 cm³/mol. The van der Waals surface area contributed by atoms with Gasteiger partial charge in [0.05, 0.1) is 22.7 Å². The van der Waals surface area contributed by atoms with Crippen LogP contribution in [-0.4, -0.2) is 27.1 Å². The number of carbonyl (C=O) groups excluding carboxylic acids is 1. The third-order valence-corrected chi connectivity index (χ3v) is 5.21. The second-order valence-electron chi connectivity index (χ2n) is 5.75. The van der Waals surface area contributed by atoms with Crippen molar-refractivity contribution >= 4 is 38.9 Å². The molecule has 0 heterocycles. The van der Waals surface area contributed by atoms with Crippen LogP contribution in [0.3, 0.4) is 0 Å². The Labute approximate surface area is 153 Å². The van der Waals surface area contributed by atoms with E-state index >= 15 is 0 Å². The van der Waals surface area contributed by atoms with Gasteiger partial charge in [0, 0.05) is 13.0 Å². The lowest BCUT2D eigenvalue weighted by molar-refractivity contribution is -0.116. The Morgan fingerprint density at radius 3 is 2.40 bits per heavy atom. The number of rotatable bonds is 7. The Bertz CT molecular complexity index is 853. The Balaban J connectivity index is 1.99. The SMILES string of the molecule is Cc1ccccc1N(CCCC(=O)Nc1ccccc1Cl)S(C)(=O)=O. The molecule has 0 atom stereocenters. The van der Waals surface area contributed by atoms with E-state index in [2.05, 4.69) is 5.32 Å². The lowest BCUT2D eigenvalue weighted by atomic mass is 10.2. The molecule has 25 heavy (non-hydrogen) atoms. The van der Waals surface area contributed by atoms with Crippen molar-refractivity contribution in [3.8, 4) is 0 Å². The Morgan fingerprint density at radius 1 is 1.12 bits per heavy atom. The van der Waals surface area contributed by atoms with Crippen LogP contribution in [0.5, 0.6) is 0 Å². The van der Waals surface area contributed by atoms with E-state index in [1.54, 1.807) is 36.4 Å². The van der Waals surface area contributed by atoms with Gasteiger partial charge in [-0.1, -0.05) is 41.9 Å². The summed E-state index contributed by atoms with van der Waals surface area (Å²) in [4.78, 5) is 12.1. The molecule has 134 valence electrons. The van der Waals surface area contributed by atoms with Crippen molar-refractivity contribution in [3.63, 3.8) is 0 Å². The summed E-state index contributed by atoms with van der Waals surface area (Å²) in [5.41, 5.74) is 2.05. The van der Waals surface area contributed by atoms with Crippen LogP contribution < -0.4 is 9.62 Å². The summed E-state index contributed by atoms with van der Waals surface area (Å²) in [6.45, 7) is 2.09. The number of anilines is 2. The number of nitrogens with one attached hydrogen (secondary N) is 1. The van der Waals surface area contributed by atoms with Gasteiger partial charge in [-0.15, -0.1) is 0 Å². The van der Waals surface area contributed by atoms with Gasteiger partial charge in [-0.2, -0.15) is 0 Å². The van der Waals surface area contributed by atoms with E-state index in [1.165, 1.54) is 10.6 Å². The molecule has 0 spiro atoms. The standard InChI is InChI=1S/C18H21ClN2O3S/c1-14-8-3-6-11-17(14)21(25(2,23)24)13-7-12-18(22)20-16-10-5-4-9-15(16)19/h3-6,8-11H,7,12-13H2,1-2H3,(H,20,22). The van der Waals surface area contributed by atoms with E-state index in [4.69, 9.17) is 11.6 Å². The summed E-state index contributed by atoms with van der Waals surface area (Å²) in [7, 11) is -3.42. The van der Waals surface area contributed by atoms with Gasteiger partial charge >= 0.3 is 0 Å². The monoisotopic (exact) mass is 380 g/mol. The Morgan fingerprint density at radius 2 is 1.76 bits per heavy atom. The third kappa shape index (κ3) is 5.47. The first kappa shape index (κ1) is 19.3. The summed E-state index contributed by atoms with van der Waals surface area (Å²) in [5, 5.41) is 3.20. The summed E-state index contributed by atoms with van der Waals surface area (Å²) in [6.07, 6.45) is 1.77. The van der Waals surface area contributed by atoms with E-state index in [1.807, 2.05) is 19.1 Å². The molecule has 5 nitrogen and oxygen atoms in total. The Hall–Kier alpha value is -2.05. The minimum absolute atomic E-state index is 0.198. The van der Waals surface area contributed by atoms with Gasteiger partial charge in [0.1, 0.15) is 0 Å². The molecule has 2 aromatic rings. The average Bonchev–Trinajstić information content (AvgIpc) is 2.54. The first-order chi connectivity index (χ1) is 11.8. The smallest absolute Gasteiger partial charge is 0.232 e.